The highest BCUT2D eigenvalue weighted by Crippen LogP contribution is 2.33. The van der Waals surface area contributed by atoms with Crippen LogP contribution in [-0.4, -0.2) is 113 Å². The van der Waals surface area contributed by atoms with Gasteiger partial charge in [-0.15, -0.1) is 0 Å². The van der Waals surface area contributed by atoms with E-state index < -0.39 is 101 Å². The molecule has 0 bridgehead atoms. The number of rotatable bonds is 11. The Morgan fingerprint density at radius 2 is 1.59 bits per heavy atom. The van der Waals surface area contributed by atoms with E-state index in [0.29, 0.717) is 0 Å². The van der Waals surface area contributed by atoms with Gasteiger partial charge in [-0.2, -0.15) is 16.8 Å². The molecule has 34 heavy (non-hydrogen) atoms. The van der Waals surface area contributed by atoms with E-state index in [1.807, 2.05) is 0 Å². The molecule has 2 aliphatic heterocycles. The van der Waals surface area contributed by atoms with Crippen LogP contribution in [0.2, 0.25) is 0 Å². The maximum absolute atomic E-state index is 11.6. The summed E-state index contributed by atoms with van der Waals surface area (Å²) in [5.74, 6) is -3.14. The second kappa shape index (κ2) is 11.7. The van der Waals surface area contributed by atoms with Crippen LogP contribution < -0.4 is 0 Å². The number of carboxylic acids is 2. The summed E-state index contributed by atoms with van der Waals surface area (Å²) in [5.41, 5.74) is 0. The summed E-state index contributed by atoms with van der Waals surface area (Å²) >= 11 is -0.345. The molecule has 2 heterocycles. The van der Waals surface area contributed by atoms with Gasteiger partial charge in [0.1, 0.15) is 24.4 Å². The van der Waals surface area contributed by atoms with E-state index in [1.165, 1.54) is 0 Å². The van der Waals surface area contributed by atoms with Gasteiger partial charge in [0, 0.05) is 6.42 Å². The maximum Gasteiger partial charge on any atom is 0.397 e. The number of aliphatic carboxylic acids is 2. The van der Waals surface area contributed by atoms with Gasteiger partial charge in [0.05, 0.1) is 19.1 Å². The SMILES string of the molecule is O=C(O)CC1CC(OS(=O)(=O)O)C(OSO)C(OC2C(C(=O)O)OCC(OS(=O)(=O)O)C2O)O1. The van der Waals surface area contributed by atoms with E-state index >= 15 is 0 Å². The Bertz CT molecular complexity index is 935. The predicted molar refractivity (Wildman–Crippen MR) is 102 cm³/mol. The Morgan fingerprint density at radius 1 is 1.00 bits per heavy atom. The first kappa shape index (κ1) is 29.0. The molecule has 8 unspecified atom stereocenters. The fraction of sp³-hybridized carbons (Fsp3) is 0.846. The van der Waals surface area contributed by atoms with Gasteiger partial charge in [0.25, 0.3) is 0 Å². The minimum absolute atomic E-state index is 0.345. The van der Waals surface area contributed by atoms with Gasteiger partial charge < -0.3 is 34.1 Å². The van der Waals surface area contributed by atoms with Crippen LogP contribution in [0.15, 0.2) is 0 Å². The Labute approximate surface area is 196 Å². The van der Waals surface area contributed by atoms with E-state index in [-0.39, 0.29) is 12.3 Å². The average Bonchev–Trinajstić information content (AvgIpc) is 2.64. The monoisotopic (exact) mass is 560 g/mol. The Hall–Kier alpha value is -1.21. The molecule has 0 aliphatic carbocycles. The van der Waals surface area contributed by atoms with Crippen molar-refractivity contribution in [3.63, 3.8) is 0 Å². The molecule has 0 radical (unpaired) electrons. The van der Waals surface area contributed by atoms with Crippen LogP contribution in [0.25, 0.3) is 0 Å². The van der Waals surface area contributed by atoms with E-state index in [4.69, 9.17) is 37.2 Å². The van der Waals surface area contributed by atoms with Crippen molar-refractivity contribution < 1.29 is 82.2 Å². The summed E-state index contributed by atoms with van der Waals surface area (Å²) in [6.07, 6.45) is -16.2. The lowest BCUT2D eigenvalue weighted by Crippen LogP contribution is -2.61. The topological polar surface area (TPSA) is 279 Å². The van der Waals surface area contributed by atoms with Crippen LogP contribution in [-0.2, 0) is 57.1 Å². The average molecular weight is 560 g/mol. The molecule has 18 nitrogen and oxygen atoms in total. The third kappa shape index (κ3) is 8.47. The molecule has 2 saturated heterocycles. The summed E-state index contributed by atoms with van der Waals surface area (Å²) < 4.78 is 100. The van der Waals surface area contributed by atoms with Crippen molar-refractivity contribution in [1.29, 1.82) is 0 Å². The minimum atomic E-state index is -5.16. The van der Waals surface area contributed by atoms with Crippen molar-refractivity contribution >= 4 is 45.1 Å². The zero-order valence-electron chi connectivity index (χ0n) is 16.5. The molecular weight excluding hydrogens is 540 g/mol. The van der Waals surface area contributed by atoms with Gasteiger partial charge in [-0.1, -0.05) is 0 Å². The molecule has 2 fully saturated rings. The molecule has 2 rings (SSSR count). The number of carboxylic acid groups (broad SMARTS) is 2. The van der Waals surface area contributed by atoms with E-state index in [1.54, 1.807) is 0 Å². The zero-order valence-corrected chi connectivity index (χ0v) is 19.0. The molecule has 2 aliphatic rings. The maximum atomic E-state index is 11.6. The Morgan fingerprint density at radius 3 is 2.09 bits per heavy atom. The third-order valence-electron chi connectivity index (χ3n) is 4.49. The number of carbonyl (C=O) groups is 2. The Balaban J connectivity index is 2.38. The van der Waals surface area contributed by atoms with Crippen molar-refractivity contribution in [3.05, 3.63) is 0 Å². The molecule has 0 spiro atoms. The zero-order chi connectivity index (χ0) is 25.8. The molecule has 0 amide bonds. The second-order valence-electron chi connectivity index (χ2n) is 6.90. The van der Waals surface area contributed by atoms with E-state index in [9.17, 15) is 36.6 Å². The van der Waals surface area contributed by atoms with Gasteiger partial charge in [-0.05, 0) is 0 Å². The van der Waals surface area contributed by atoms with Crippen LogP contribution in [0.1, 0.15) is 12.8 Å². The van der Waals surface area contributed by atoms with E-state index in [2.05, 4.69) is 8.37 Å². The summed E-state index contributed by atoms with van der Waals surface area (Å²) in [4.78, 5) is 22.7. The molecule has 8 atom stereocenters. The second-order valence-corrected chi connectivity index (χ2v) is 9.34. The fourth-order valence-electron chi connectivity index (χ4n) is 3.28. The van der Waals surface area contributed by atoms with Crippen molar-refractivity contribution in [2.75, 3.05) is 6.61 Å². The first-order valence-corrected chi connectivity index (χ1v) is 12.4. The van der Waals surface area contributed by atoms with Crippen molar-refractivity contribution in [3.8, 4) is 0 Å². The lowest BCUT2D eigenvalue weighted by molar-refractivity contribution is -0.305. The molecule has 0 aromatic carbocycles. The number of aliphatic hydroxyl groups excluding tert-OH is 1. The summed E-state index contributed by atoms with van der Waals surface area (Å²) in [7, 11) is -10.3. The summed E-state index contributed by atoms with van der Waals surface area (Å²) in [5, 5.41) is 28.8. The normalized spacial score (nSPS) is 35.1. The van der Waals surface area contributed by atoms with Crippen LogP contribution in [0, 0.1) is 0 Å². The minimum Gasteiger partial charge on any atom is -0.481 e. The summed E-state index contributed by atoms with van der Waals surface area (Å²) in [6.45, 7) is -0.828. The molecule has 0 saturated carbocycles. The van der Waals surface area contributed by atoms with Crippen molar-refractivity contribution in [1.82, 2.24) is 0 Å². The first-order chi connectivity index (χ1) is 15.6. The quantitative estimate of drug-likeness (QED) is 0.114. The largest absolute Gasteiger partial charge is 0.481 e. The fourth-order valence-corrected chi connectivity index (χ4v) is 4.57. The van der Waals surface area contributed by atoms with Gasteiger partial charge in [0.2, 0.25) is 0 Å². The van der Waals surface area contributed by atoms with Gasteiger partial charge in [0.15, 0.2) is 30.8 Å². The molecule has 198 valence electrons. The van der Waals surface area contributed by atoms with Crippen LogP contribution in [0.5, 0.6) is 0 Å². The highest BCUT2D eigenvalue weighted by molar-refractivity contribution is 7.88. The van der Waals surface area contributed by atoms with Crippen molar-refractivity contribution in [2.45, 2.75) is 61.9 Å². The molecular formula is C13H20O18S3. The smallest absolute Gasteiger partial charge is 0.397 e. The highest BCUT2D eigenvalue weighted by Gasteiger charge is 2.51. The molecule has 21 heteroatoms. The lowest BCUT2D eigenvalue weighted by Gasteiger charge is -2.43. The molecule has 0 aromatic heterocycles. The standard InChI is InChI=1S/C13H20O18S3/c14-7(15)2-4-1-5(30-33(20,21)22)9(29-32-19)13(27-4)28-10-8(16)6(31-34(23,24)25)3-26-11(10)12(17)18/h4-6,8-11,13,16,19H,1-3H2,(H,14,15)(H,17,18)(H,20,21,22)(H,23,24,25). The lowest BCUT2D eigenvalue weighted by atomic mass is 9.98. The third-order valence-corrected chi connectivity index (χ3v) is 5.78. The molecule has 6 N–H and O–H groups in total. The predicted octanol–water partition coefficient (Wildman–Crippen LogP) is -2.31. The van der Waals surface area contributed by atoms with Crippen molar-refractivity contribution in [2.24, 2.45) is 0 Å². The Kier molecular flexibility index (Phi) is 9.97. The van der Waals surface area contributed by atoms with Crippen LogP contribution >= 0.6 is 12.3 Å². The number of hydrogen-bond acceptors (Lipinski definition) is 15. The van der Waals surface area contributed by atoms with Gasteiger partial charge >= 0.3 is 32.7 Å². The van der Waals surface area contributed by atoms with Crippen LogP contribution in [0.4, 0.5) is 0 Å². The first-order valence-electron chi connectivity index (χ1n) is 8.94. The number of ether oxygens (including phenoxy) is 3. The van der Waals surface area contributed by atoms with Gasteiger partial charge in [-0.25, -0.2) is 13.2 Å². The number of aliphatic hydroxyl groups is 1. The number of hydrogen-bond donors (Lipinski definition) is 6. The van der Waals surface area contributed by atoms with E-state index in [0.717, 1.165) is 0 Å². The highest BCUT2D eigenvalue weighted by atomic mass is 32.3. The summed E-state index contributed by atoms with van der Waals surface area (Å²) in [6, 6.07) is 0. The van der Waals surface area contributed by atoms with Crippen LogP contribution in [0.3, 0.4) is 0 Å². The molecule has 0 aromatic rings. The van der Waals surface area contributed by atoms with Gasteiger partial charge in [-0.3, -0.25) is 18.1 Å².